The molecule has 0 saturated heterocycles. The van der Waals surface area contributed by atoms with E-state index < -0.39 is 0 Å². The second-order valence-electron chi connectivity index (χ2n) is 3.76. The normalized spacial score (nSPS) is 27.8. The predicted octanol–water partition coefficient (Wildman–Crippen LogP) is 1.99. The Hall–Kier alpha value is -1.02. The molecular weight excluding hydrogens is 162 g/mol. The zero-order valence-electron chi connectivity index (χ0n) is 7.61. The first-order valence-corrected chi connectivity index (χ1v) is 4.82. The zero-order chi connectivity index (χ0) is 9.26. The van der Waals surface area contributed by atoms with E-state index in [0.29, 0.717) is 11.7 Å². The number of hydrogen-bond acceptors (Lipinski definition) is 2. The van der Waals surface area contributed by atoms with Gasteiger partial charge in [0.2, 0.25) is 0 Å². The Labute approximate surface area is 78.4 Å². The van der Waals surface area contributed by atoms with Crippen molar-refractivity contribution in [1.82, 2.24) is 0 Å². The van der Waals surface area contributed by atoms with Gasteiger partial charge in [-0.3, -0.25) is 0 Å². The van der Waals surface area contributed by atoms with Gasteiger partial charge in [-0.25, -0.2) is 0 Å². The highest BCUT2D eigenvalue weighted by Crippen LogP contribution is 2.37. The molecule has 0 bridgehead atoms. The molecule has 1 aromatic carbocycles. The molecule has 13 heavy (non-hydrogen) atoms. The first-order valence-electron chi connectivity index (χ1n) is 4.82. The lowest BCUT2D eigenvalue weighted by Gasteiger charge is -2.16. The van der Waals surface area contributed by atoms with Gasteiger partial charge in [0.1, 0.15) is 5.75 Å². The van der Waals surface area contributed by atoms with E-state index in [-0.39, 0.29) is 6.04 Å². The largest absolute Gasteiger partial charge is 0.508 e. The monoisotopic (exact) mass is 177 g/mol. The Bertz CT molecular complexity index is 298. The molecule has 1 aliphatic rings. The molecule has 0 aromatic heterocycles. The van der Waals surface area contributed by atoms with Gasteiger partial charge in [-0.05, 0) is 24.5 Å². The molecule has 0 spiro atoms. The third-order valence-electron chi connectivity index (χ3n) is 2.91. The maximum atomic E-state index is 9.63. The Morgan fingerprint density at radius 1 is 1.23 bits per heavy atom. The van der Waals surface area contributed by atoms with E-state index in [4.69, 9.17) is 5.73 Å². The minimum Gasteiger partial charge on any atom is -0.508 e. The van der Waals surface area contributed by atoms with Crippen molar-refractivity contribution in [3.63, 3.8) is 0 Å². The second-order valence-corrected chi connectivity index (χ2v) is 3.76. The van der Waals surface area contributed by atoms with Gasteiger partial charge < -0.3 is 10.8 Å². The number of phenols is 1. The number of benzene rings is 1. The lowest BCUT2D eigenvalue weighted by Crippen LogP contribution is -2.22. The van der Waals surface area contributed by atoms with Crippen molar-refractivity contribution >= 4 is 0 Å². The van der Waals surface area contributed by atoms with E-state index in [1.165, 1.54) is 6.42 Å². The van der Waals surface area contributed by atoms with Gasteiger partial charge in [-0.1, -0.05) is 24.6 Å². The van der Waals surface area contributed by atoms with Crippen LogP contribution in [0, 0.1) is 0 Å². The van der Waals surface area contributed by atoms with Crippen LogP contribution >= 0.6 is 0 Å². The summed E-state index contributed by atoms with van der Waals surface area (Å²) in [5.41, 5.74) is 6.99. The van der Waals surface area contributed by atoms with Gasteiger partial charge in [0, 0.05) is 12.0 Å². The SMILES string of the molecule is NC1CCCC1c1ccccc1O. The van der Waals surface area contributed by atoms with Gasteiger partial charge in [0.15, 0.2) is 0 Å². The number of phenolic OH excluding ortho intramolecular Hbond substituents is 1. The zero-order valence-corrected chi connectivity index (χ0v) is 7.61. The first-order chi connectivity index (χ1) is 6.29. The average molecular weight is 177 g/mol. The summed E-state index contributed by atoms with van der Waals surface area (Å²) in [7, 11) is 0. The topological polar surface area (TPSA) is 46.2 Å². The standard InChI is InChI=1S/C11H15NO/c12-10-6-3-5-8(10)9-4-1-2-7-11(9)13/h1-2,4,7-8,10,13H,3,5-6,12H2. The van der Waals surface area contributed by atoms with Crippen molar-refractivity contribution in [1.29, 1.82) is 0 Å². The Balaban J connectivity index is 2.29. The fourth-order valence-electron chi connectivity index (χ4n) is 2.18. The van der Waals surface area contributed by atoms with Crippen LogP contribution in [0.2, 0.25) is 0 Å². The van der Waals surface area contributed by atoms with Gasteiger partial charge in [-0.2, -0.15) is 0 Å². The van der Waals surface area contributed by atoms with Crippen LogP contribution in [0.5, 0.6) is 5.75 Å². The molecule has 0 heterocycles. The molecule has 1 aliphatic carbocycles. The summed E-state index contributed by atoms with van der Waals surface area (Å²) >= 11 is 0. The summed E-state index contributed by atoms with van der Waals surface area (Å²) in [5.74, 6) is 0.756. The summed E-state index contributed by atoms with van der Waals surface area (Å²) in [6.07, 6.45) is 3.37. The minimum atomic E-state index is 0.230. The molecular formula is C11H15NO. The van der Waals surface area contributed by atoms with Crippen LogP contribution in [0.25, 0.3) is 0 Å². The highest BCUT2D eigenvalue weighted by atomic mass is 16.3. The molecule has 1 fully saturated rings. The fourth-order valence-corrected chi connectivity index (χ4v) is 2.18. The molecule has 2 unspecified atom stereocenters. The fraction of sp³-hybridized carbons (Fsp3) is 0.455. The summed E-state index contributed by atoms with van der Waals surface area (Å²) in [4.78, 5) is 0. The molecule has 70 valence electrons. The minimum absolute atomic E-state index is 0.230. The third kappa shape index (κ3) is 1.54. The van der Waals surface area contributed by atoms with Crippen LogP contribution in [-0.2, 0) is 0 Å². The van der Waals surface area contributed by atoms with Gasteiger partial charge in [0.25, 0.3) is 0 Å². The van der Waals surface area contributed by atoms with E-state index in [9.17, 15) is 5.11 Å². The van der Waals surface area contributed by atoms with Crippen molar-refractivity contribution in [2.45, 2.75) is 31.2 Å². The Morgan fingerprint density at radius 2 is 2.00 bits per heavy atom. The molecule has 2 atom stereocenters. The Morgan fingerprint density at radius 3 is 2.62 bits per heavy atom. The van der Waals surface area contributed by atoms with Crippen LogP contribution < -0.4 is 5.73 Å². The van der Waals surface area contributed by atoms with Crippen LogP contribution in [0.4, 0.5) is 0 Å². The highest BCUT2D eigenvalue weighted by molar-refractivity contribution is 5.36. The Kier molecular flexibility index (Phi) is 2.23. The molecule has 0 amide bonds. The van der Waals surface area contributed by atoms with Crippen molar-refractivity contribution in [3.8, 4) is 5.75 Å². The molecule has 2 heteroatoms. The molecule has 1 aromatic rings. The number of nitrogens with two attached hydrogens (primary N) is 1. The highest BCUT2D eigenvalue weighted by Gasteiger charge is 2.26. The van der Waals surface area contributed by atoms with E-state index in [0.717, 1.165) is 18.4 Å². The lowest BCUT2D eigenvalue weighted by molar-refractivity contribution is 0.456. The van der Waals surface area contributed by atoms with Gasteiger partial charge in [-0.15, -0.1) is 0 Å². The molecule has 0 aliphatic heterocycles. The van der Waals surface area contributed by atoms with Crippen LogP contribution in [-0.4, -0.2) is 11.1 Å². The number of hydrogen-bond donors (Lipinski definition) is 2. The third-order valence-corrected chi connectivity index (χ3v) is 2.91. The van der Waals surface area contributed by atoms with Crippen molar-refractivity contribution < 1.29 is 5.11 Å². The predicted molar refractivity (Wildman–Crippen MR) is 52.7 cm³/mol. The van der Waals surface area contributed by atoms with Crippen molar-refractivity contribution in [3.05, 3.63) is 29.8 Å². The van der Waals surface area contributed by atoms with E-state index >= 15 is 0 Å². The second kappa shape index (κ2) is 3.38. The van der Waals surface area contributed by atoms with Crippen molar-refractivity contribution in [2.24, 2.45) is 5.73 Å². The first kappa shape index (κ1) is 8.57. The van der Waals surface area contributed by atoms with E-state index in [2.05, 4.69) is 0 Å². The summed E-state index contributed by atoms with van der Waals surface area (Å²) in [6.45, 7) is 0. The quantitative estimate of drug-likeness (QED) is 0.689. The summed E-state index contributed by atoms with van der Waals surface area (Å²) in [6, 6.07) is 7.75. The molecule has 0 radical (unpaired) electrons. The van der Waals surface area contributed by atoms with E-state index in [1.54, 1.807) is 6.07 Å². The maximum absolute atomic E-state index is 9.63. The average Bonchev–Trinajstić information content (AvgIpc) is 2.52. The summed E-state index contributed by atoms with van der Waals surface area (Å²) in [5, 5.41) is 9.63. The molecule has 3 N–H and O–H groups in total. The van der Waals surface area contributed by atoms with Gasteiger partial charge in [0.05, 0.1) is 0 Å². The van der Waals surface area contributed by atoms with Crippen LogP contribution in [0.15, 0.2) is 24.3 Å². The lowest BCUT2D eigenvalue weighted by atomic mass is 9.94. The molecule has 2 rings (SSSR count). The number of rotatable bonds is 1. The van der Waals surface area contributed by atoms with Gasteiger partial charge >= 0.3 is 0 Å². The molecule has 1 saturated carbocycles. The molecule has 2 nitrogen and oxygen atoms in total. The van der Waals surface area contributed by atoms with Crippen LogP contribution in [0.1, 0.15) is 30.7 Å². The maximum Gasteiger partial charge on any atom is 0.119 e. The number of para-hydroxylation sites is 1. The van der Waals surface area contributed by atoms with E-state index in [1.807, 2.05) is 18.2 Å². The smallest absolute Gasteiger partial charge is 0.119 e. The summed E-state index contributed by atoms with van der Waals surface area (Å²) < 4.78 is 0. The number of aromatic hydroxyl groups is 1. The van der Waals surface area contributed by atoms with Crippen LogP contribution in [0.3, 0.4) is 0 Å². The van der Waals surface area contributed by atoms with Crippen molar-refractivity contribution in [2.75, 3.05) is 0 Å².